The highest BCUT2D eigenvalue weighted by molar-refractivity contribution is 6.30. The van der Waals surface area contributed by atoms with Crippen molar-refractivity contribution < 1.29 is 0 Å². The number of halogens is 1. The first kappa shape index (κ1) is 12.9. The lowest BCUT2D eigenvalue weighted by molar-refractivity contribution is 0.315. The van der Waals surface area contributed by atoms with Crippen molar-refractivity contribution in [3.8, 4) is 0 Å². The van der Waals surface area contributed by atoms with E-state index >= 15 is 0 Å². The number of nitrogens with zero attached hydrogens (tertiary/aromatic N) is 2. The van der Waals surface area contributed by atoms with Gasteiger partial charge in [0, 0.05) is 18.1 Å². The summed E-state index contributed by atoms with van der Waals surface area (Å²) in [5.41, 5.74) is 8.50. The second kappa shape index (κ2) is 5.85. The molecule has 2 N–H and O–H groups in total. The van der Waals surface area contributed by atoms with E-state index in [1.807, 2.05) is 30.3 Å². The van der Waals surface area contributed by atoms with Crippen molar-refractivity contribution in [3.63, 3.8) is 0 Å². The molecule has 0 bridgehead atoms. The number of hydrogen-bond donors (Lipinski definition) is 1. The Morgan fingerprint density at radius 2 is 2.06 bits per heavy atom. The first-order valence-electron chi connectivity index (χ1n) is 5.77. The molecule has 3 nitrogen and oxygen atoms in total. The van der Waals surface area contributed by atoms with Gasteiger partial charge in [0.25, 0.3) is 0 Å². The van der Waals surface area contributed by atoms with Crippen molar-refractivity contribution in [3.05, 3.63) is 58.9 Å². The lowest BCUT2D eigenvalue weighted by atomic mass is 10.2. The van der Waals surface area contributed by atoms with E-state index in [1.54, 1.807) is 6.20 Å². The van der Waals surface area contributed by atoms with Gasteiger partial charge in [-0.3, -0.25) is 9.88 Å². The van der Waals surface area contributed by atoms with Crippen LogP contribution in [0.5, 0.6) is 0 Å². The molecule has 0 fully saturated rings. The Morgan fingerprint density at radius 3 is 2.72 bits per heavy atom. The van der Waals surface area contributed by atoms with Gasteiger partial charge in [0.2, 0.25) is 0 Å². The molecule has 0 atom stereocenters. The summed E-state index contributed by atoms with van der Waals surface area (Å²) in [6.07, 6.45) is 1.68. The Balaban J connectivity index is 1.96. The SMILES string of the molecule is CN(Cc1cccc(Cl)c1)Cc1ccc(N)cn1. The minimum Gasteiger partial charge on any atom is -0.397 e. The van der Waals surface area contributed by atoms with E-state index in [4.69, 9.17) is 17.3 Å². The van der Waals surface area contributed by atoms with Gasteiger partial charge in [-0.1, -0.05) is 23.7 Å². The summed E-state index contributed by atoms with van der Waals surface area (Å²) in [6, 6.07) is 11.7. The zero-order chi connectivity index (χ0) is 13.0. The van der Waals surface area contributed by atoms with Crippen LogP contribution in [0.4, 0.5) is 5.69 Å². The summed E-state index contributed by atoms with van der Waals surface area (Å²) < 4.78 is 0. The van der Waals surface area contributed by atoms with Gasteiger partial charge in [-0.15, -0.1) is 0 Å². The van der Waals surface area contributed by atoms with Crippen molar-refractivity contribution >= 4 is 17.3 Å². The lowest BCUT2D eigenvalue weighted by Crippen LogP contribution is -2.17. The topological polar surface area (TPSA) is 42.1 Å². The molecule has 0 aliphatic rings. The van der Waals surface area contributed by atoms with Crippen molar-refractivity contribution in [2.45, 2.75) is 13.1 Å². The highest BCUT2D eigenvalue weighted by Gasteiger charge is 2.03. The zero-order valence-corrected chi connectivity index (χ0v) is 11.1. The Hall–Kier alpha value is -1.58. The molecule has 0 saturated heterocycles. The molecule has 0 amide bonds. The van der Waals surface area contributed by atoms with Gasteiger partial charge < -0.3 is 5.73 Å². The third-order valence-electron chi connectivity index (χ3n) is 2.62. The zero-order valence-electron chi connectivity index (χ0n) is 10.3. The quantitative estimate of drug-likeness (QED) is 0.920. The molecule has 1 heterocycles. The number of benzene rings is 1. The summed E-state index contributed by atoms with van der Waals surface area (Å²) in [5.74, 6) is 0. The van der Waals surface area contributed by atoms with Crippen LogP contribution in [0.25, 0.3) is 0 Å². The minimum absolute atomic E-state index is 0.691. The number of nitrogen functional groups attached to an aromatic ring is 1. The Kier molecular flexibility index (Phi) is 4.18. The summed E-state index contributed by atoms with van der Waals surface area (Å²) >= 11 is 5.96. The number of pyridine rings is 1. The predicted molar refractivity (Wildman–Crippen MR) is 75.3 cm³/mol. The van der Waals surface area contributed by atoms with Crippen LogP contribution in [-0.4, -0.2) is 16.9 Å². The molecular weight excluding hydrogens is 246 g/mol. The van der Waals surface area contributed by atoms with Crippen LogP contribution < -0.4 is 5.73 Å². The van der Waals surface area contributed by atoms with Crippen molar-refractivity contribution in [2.75, 3.05) is 12.8 Å². The van der Waals surface area contributed by atoms with Crippen LogP contribution in [0.2, 0.25) is 5.02 Å². The molecular formula is C14H16ClN3. The van der Waals surface area contributed by atoms with Crippen molar-refractivity contribution in [1.82, 2.24) is 9.88 Å². The highest BCUT2D eigenvalue weighted by Crippen LogP contribution is 2.13. The van der Waals surface area contributed by atoms with Gasteiger partial charge in [-0.25, -0.2) is 0 Å². The monoisotopic (exact) mass is 261 g/mol. The molecule has 0 aliphatic heterocycles. The fourth-order valence-corrected chi connectivity index (χ4v) is 2.02. The molecule has 0 spiro atoms. The van der Waals surface area contributed by atoms with Crippen LogP contribution >= 0.6 is 11.6 Å². The van der Waals surface area contributed by atoms with E-state index < -0.39 is 0 Å². The minimum atomic E-state index is 0.691. The molecule has 0 aliphatic carbocycles. The van der Waals surface area contributed by atoms with E-state index in [2.05, 4.69) is 23.0 Å². The molecule has 4 heteroatoms. The highest BCUT2D eigenvalue weighted by atomic mass is 35.5. The Labute approximate surface area is 112 Å². The average molecular weight is 262 g/mol. The molecule has 18 heavy (non-hydrogen) atoms. The fourth-order valence-electron chi connectivity index (χ4n) is 1.81. The number of aromatic nitrogens is 1. The molecule has 1 aromatic carbocycles. The third-order valence-corrected chi connectivity index (χ3v) is 2.86. The van der Waals surface area contributed by atoms with Gasteiger partial charge in [-0.05, 0) is 36.9 Å². The van der Waals surface area contributed by atoms with Crippen LogP contribution in [0.15, 0.2) is 42.6 Å². The van der Waals surface area contributed by atoms with Crippen molar-refractivity contribution in [1.29, 1.82) is 0 Å². The number of rotatable bonds is 4. The number of anilines is 1. The maximum Gasteiger partial charge on any atom is 0.0545 e. The van der Waals surface area contributed by atoms with Gasteiger partial charge in [-0.2, -0.15) is 0 Å². The van der Waals surface area contributed by atoms with Gasteiger partial charge in [0.05, 0.1) is 17.6 Å². The van der Waals surface area contributed by atoms with Crippen molar-refractivity contribution in [2.24, 2.45) is 0 Å². The van der Waals surface area contributed by atoms with Gasteiger partial charge in [0.1, 0.15) is 0 Å². The van der Waals surface area contributed by atoms with Gasteiger partial charge in [0.15, 0.2) is 0 Å². The van der Waals surface area contributed by atoms with E-state index in [9.17, 15) is 0 Å². The lowest BCUT2D eigenvalue weighted by Gasteiger charge is -2.16. The second-order valence-corrected chi connectivity index (χ2v) is 4.82. The Morgan fingerprint density at radius 1 is 1.22 bits per heavy atom. The average Bonchev–Trinajstić information content (AvgIpc) is 2.32. The maximum atomic E-state index is 5.96. The normalized spacial score (nSPS) is 10.8. The largest absolute Gasteiger partial charge is 0.397 e. The standard InChI is InChI=1S/C14H16ClN3/c1-18(9-11-3-2-4-12(15)7-11)10-14-6-5-13(16)8-17-14/h2-8H,9-10,16H2,1H3. The molecule has 1 aromatic heterocycles. The first-order valence-corrected chi connectivity index (χ1v) is 6.14. The van der Waals surface area contributed by atoms with Crippen LogP contribution in [0.1, 0.15) is 11.3 Å². The van der Waals surface area contributed by atoms with E-state index in [-0.39, 0.29) is 0 Å². The fraction of sp³-hybridized carbons (Fsp3) is 0.214. The van der Waals surface area contributed by atoms with E-state index in [0.29, 0.717) is 5.69 Å². The predicted octanol–water partition coefficient (Wildman–Crippen LogP) is 2.95. The number of hydrogen-bond acceptors (Lipinski definition) is 3. The summed E-state index contributed by atoms with van der Waals surface area (Å²) in [4.78, 5) is 6.47. The molecule has 0 saturated carbocycles. The summed E-state index contributed by atoms with van der Waals surface area (Å²) in [6.45, 7) is 1.62. The van der Waals surface area contributed by atoms with Crippen LogP contribution in [0.3, 0.4) is 0 Å². The maximum absolute atomic E-state index is 5.96. The molecule has 0 unspecified atom stereocenters. The second-order valence-electron chi connectivity index (χ2n) is 4.39. The first-order chi connectivity index (χ1) is 8.63. The molecule has 2 aromatic rings. The van der Waals surface area contributed by atoms with Crippen LogP contribution in [-0.2, 0) is 13.1 Å². The van der Waals surface area contributed by atoms with Gasteiger partial charge >= 0.3 is 0 Å². The van der Waals surface area contributed by atoms with Crippen LogP contribution in [0, 0.1) is 0 Å². The Bertz CT molecular complexity index is 511. The molecule has 0 radical (unpaired) electrons. The number of nitrogens with two attached hydrogens (primary N) is 1. The summed E-state index contributed by atoms with van der Waals surface area (Å²) in [5, 5.41) is 0.770. The van der Waals surface area contributed by atoms with E-state index in [1.165, 1.54) is 5.56 Å². The summed E-state index contributed by atoms with van der Waals surface area (Å²) in [7, 11) is 2.05. The molecule has 2 rings (SSSR count). The smallest absolute Gasteiger partial charge is 0.0545 e. The van der Waals surface area contributed by atoms with E-state index in [0.717, 1.165) is 23.8 Å². The third kappa shape index (κ3) is 3.72. The molecule has 94 valence electrons.